The fourth-order valence-electron chi connectivity index (χ4n) is 2.88. The van der Waals surface area contributed by atoms with Gasteiger partial charge in [-0.3, -0.25) is 9.78 Å². The van der Waals surface area contributed by atoms with Gasteiger partial charge in [-0.1, -0.05) is 30.3 Å². The smallest absolute Gasteiger partial charge is 0.229 e. The molecule has 1 aliphatic heterocycles. The summed E-state index contributed by atoms with van der Waals surface area (Å²) in [5.41, 5.74) is 8.23. The summed E-state index contributed by atoms with van der Waals surface area (Å²) in [5.74, 6) is 0.138. The van der Waals surface area contributed by atoms with Crippen molar-refractivity contribution >= 4 is 24.0 Å². The molecule has 1 unspecified atom stereocenters. The Morgan fingerprint density at radius 1 is 1.23 bits per heavy atom. The Kier molecular flexibility index (Phi) is 5.39. The Hall–Kier alpha value is -2.07. The highest BCUT2D eigenvalue weighted by Gasteiger charge is 2.29. The molecule has 2 N–H and O–H groups in total. The first kappa shape index (κ1) is 16.3. The van der Waals surface area contributed by atoms with Crippen LogP contribution in [0.15, 0.2) is 48.7 Å². The van der Waals surface area contributed by atoms with E-state index in [4.69, 9.17) is 5.73 Å². The van der Waals surface area contributed by atoms with Crippen LogP contribution in [0.1, 0.15) is 30.1 Å². The van der Waals surface area contributed by atoms with Crippen LogP contribution in [-0.4, -0.2) is 22.3 Å². The molecule has 0 aliphatic carbocycles. The van der Waals surface area contributed by atoms with E-state index in [0.717, 1.165) is 25.1 Å². The van der Waals surface area contributed by atoms with Crippen molar-refractivity contribution in [2.75, 3.05) is 12.3 Å². The Balaban J connectivity index is 0.00000176. The second-order valence-corrected chi connectivity index (χ2v) is 5.42. The number of carbonyl (C=O) groups is 1. The molecule has 1 aliphatic rings. The molecule has 1 atom stereocenters. The Morgan fingerprint density at radius 2 is 2.00 bits per heavy atom. The monoisotopic (exact) mass is 317 g/mol. The zero-order valence-corrected chi connectivity index (χ0v) is 13.1. The number of carbonyl (C=O) groups excluding carboxylic acids is 1. The Morgan fingerprint density at radius 3 is 2.68 bits per heavy atom. The molecule has 1 aromatic carbocycles. The van der Waals surface area contributed by atoms with Gasteiger partial charge in [0.15, 0.2) is 0 Å². The molecule has 2 aromatic rings. The maximum atomic E-state index is 12.5. The van der Waals surface area contributed by atoms with Gasteiger partial charge < -0.3 is 10.6 Å². The predicted octanol–water partition coefficient (Wildman–Crippen LogP) is 2.99. The molecule has 116 valence electrons. The van der Waals surface area contributed by atoms with Crippen molar-refractivity contribution in [1.82, 2.24) is 9.88 Å². The average Bonchev–Trinajstić information content (AvgIpc) is 3.00. The van der Waals surface area contributed by atoms with Crippen molar-refractivity contribution in [3.05, 3.63) is 59.9 Å². The normalized spacial score (nSPS) is 17.1. The van der Waals surface area contributed by atoms with Crippen molar-refractivity contribution in [3.8, 4) is 0 Å². The zero-order valence-electron chi connectivity index (χ0n) is 12.3. The standard InChI is InChI=1S/C17H19N3O.ClH/c18-14-8-9-15(19-12-14)11-17(21)20-10-4-7-16(20)13-5-2-1-3-6-13;/h1-3,5-6,8-9,12,16H,4,7,10-11,18H2;1H. The van der Waals surface area contributed by atoms with E-state index in [-0.39, 0.29) is 24.4 Å². The molecule has 2 heterocycles. The maximum Gasteiger partial charge on any atom is 0.229 e. The zero-order chi connectivity index (χ0) is 14.7. The highest BCUT2D eigenvalue weighted by atomic mass is 35.5. The summed E-state index contributed by atoms with van der Waals surface area (Å²) in [4.78, 5) is 18.7. The lowest BCUT2D eigenvalue weighted by atomic mass is 10.0. The molecule has 1 fully saturated rings. The fourth-order valence-corrected chi connectivity index (χ4v) is 2.88. The first-order valence-corrected chi connectivity index (χ1v) is 7.29. The molecule has 0 spiro atoms. The molecule has 3 rings (SSSR count). The summed E-state index contributed by atoms with van der Waals surface area (Å²) in [6, 6.07) is 14.1. The number of rotatable bonds is 3. The van der Waals surface area contributed by atoms with Crippen LogP contribution < -0.4 is 5.73 Å². The van der Waals surface area contributed by atoms with Crippen LogP contribution in [0.2, 0.25) is 0 Å². The average molecular weight is 318 g/mol. The minimum atomic E-state index is 0. The van der Waals surface area contributed by atoms with Crippen molar-refractivity contribution in [1.29, 1.82) is 0 Å². The van der Waals surface area contributed by atoms with Crippen molar-refractivity contribution in [2.45, 2.75) is 25.3 Å². The lowest BCUT2D eigenvalue weighted by molar-refractivity contribution is -0.131. The topological polar surface area (TPSA) is 59.2 Å². The third-order valence-electron chi connectivity index (χ3n) is 3.94. The van der Waals surface area contributed by atoms with Crippen LogP contribution in [-0.2, 0) is 11.2 Å². The number of benzene rings is 1. The first-order chi connectivity index (χ1) is 10.2. The second-order valence-electron chi connectivity index (χ2n) is 5.42. The number of pyridine rings is 1. The van der Waals surface area contributed by atoms with Crippen LogP contribution in [0.4, 0.5) is 5.69 Å². The van der Waals surface area contributed by atoms with E-state index in [1.165, 1.54) is 5.56 Å². The van der Waals surface area contributed by atoms with Crippen LogP contribution in [0.25, 0.3) is 0 Å². The molecule has 0 radical (unpaired) electrons. The van der Waals surface area contributed by atoms with Gasteiger partial charge in [0.05, 0.1) is 24.3 Å². The molecule has 1 saturated heterocycles. The number of amides is 1. The number of nitrogens with two attached hydrogens (primary N) is 1. The molecule has 1 amide bonds. The van der Waals surface area contributed by atoms with E-state index in [1.807, 2.05) is 29.2 Å². The van der Waals surface area contributed by atoms with Gasteiger partial charge in [-0.05, 0) is 30.5 Å². The number of likely N-dealkylation sites (tertiary alicyclic amines) is 1. The third-order valence-corrected chi connectivity index (χ3v) is 3.94. The number of aromatic nitrogens is 1. The van der Waals surface area contributed by atoms with Gasteiger partial charge in [0.1, 0.15) is 0 Å². The van der Waals surface area contributed by atoms with E-state index in [1.54, 1.807) is 12.3 Å². The lowest BCUT2D eigenvalue weighted by Gasteiger charge is -2.25. The quantitative estimate of drug-likeness (QED) is 0.946. The summed E-state index contributed by atoms with van der Waals surface area (Å²) in [6.45, 7) is 0.827. The summed E-state index contributed by atoms with van der Waals surface area (Å²) in [7, 11) is 0. The third kappa shape index (κ3) is 3.57. The fraction of sp³-hybridized carbons (Fsp3) is 0.294. The van der Waals surface area contributed by atoms with E-state index in [2.05, 4.69) is 17.1 Å². The number of hydrogen-bond acceptors (Lipinski definition) is 3. The second kappa shape index (κ2) is 7.27. The van der Waals surface area contributed by atoms with Crippen molar-refractivity contribution < 1.29 is 4.79 Å². The van der Waals surface area contributed by atoms with Crippen LogP contribution in [0, 0.1) is 0 Å². The predicted molar refractivity (Wildman–Crippen MR) is 89.7 cm³/mol. The number of nitrogens with zero attached hydrogens (tertiary/aromatic N) is 2. The molecule has 4 nitrogen and oxygen atoms in total. The summed E-state index contributed by atoms with van der Waals surface area (Å²) in [6.07, 6.45) is 4.02. The number of hydrogen-bond donors (Lipinski definition) is 1. The van der Waals surface area contributed by atoms with E-state index in [9.17, 15) is 4.79 Å². The molecule has 0 bridgehead atoms. The van der Waals surface area contributed by atoms with Gasteiger partial charge in [0.25, 0.3) is 0 Å². The highest BCUT2D eigenvalue weighted by Crippen LogP contribution is 2.32. The van der Waals surface area contributed by atoms with Gasteiger partial charge in [-0.2, -0.15) is 0 Å². The minimum Gasteiger partial charge on any atom is -0.397 e. The lowest BCUT2D eigenvalue weighted by Crippen LogP contribution is -2.32. The van der Waals surface area contributed by atoms with Gasteiger partial charge in [-0.15, -0.1) is 12.4 Å². The summed E-state index contributed by atoms with van der Waals surface area (Å²) < 4.78 is 0. The number of nitrogen functional groups attached to an aromatic ring is 1. The van der Waals surface area contributed by atoms with E-state index in [0.29, 0.717) is 12.1 Å². The maximum absolute atomic E-state index is 12.5. The number of anilines is 1. The SMILES string of the molecule is Cl.Nc1ccc(CC(=O)N2CCCC2c2ccccc2)nc1. The summed E-state index contributed by atoms with van der Waals surface area (Å²) in [5, 5.41) is 0. The van der Waals surface area contributed by atoms with Gasteiger partial charge in [0.2, 0.25) is 5.91 Å². The number of halogens is 1. The van der Waals surface area contributed by atoms with Crippen LogP contribution in [0.3, 0.4) is 0 Å². The van der Waals surface area contributed by atoms with Crippen molar-refractivity contribution in [3.63, 3.8) is 0 Å². The molecular weight excluding hydrogens is 298 g/mol. The first-order valence-electron chi connectivity index (χ1n) is 7.29. The van der Waals surface area contributed by atoms with E-state index >= 15 is 0 Å². The van der Waals surface area contributed by atoms with Gasteiger partial charge >= 0.3 is 0 Å². The van der Waals surface area contributed by atoms with Gasteiger partial charge in [0, 0.05) is 12.2 Å². The van der Waals surface area contributed by atoms with Gasteiger partial charge in [-0.25, -0.2) is 0 Å². The molecule has 5 heteroatoms. The van der Waals surface area contributed by atoms with E-state index < -0.39 is 0 Å². The minimum absolute atomic E-state index is 0. The molecule has 1 aromatic heterocycles. The molecular formula is C17H20ClN3O. The van der Waals surface area contributed by atoms with Crippen LogP contribution >= 0.6 is 12.4 Å². The largest absolute Gasteiger partial charge is 0.397 e. The highest BCUT2D eigenvalue weighted by molar-refractivity contribution is 5.85. The Bertz CT molecular complexity index is 616. The summed E-state index contributed by atoms with van der Waals surface area (Å²) >= 11 is 0. The Labute approximate surface area is 136 Å². The molecule has 22 heavy (non-hydrogen) atoms. The molecule has 0 saturated carbocycles. The van der Waals surface area contributed by atoms with Crippen LogP contribution in [0.5, 0.6) is 0 Å². The van der Waals surface area contributed by atoms with Crippen molar-refractivity contribution in [2.24, 2.45) is 0 Å².